The summed E-state index contributed by atoms with van der Waals surface area (Å²) in [6.07, 6.45) is -4.62. The van der Waals surface area contributed by atoms with Crippen molar-refractivity contribution in [1.29, 1.82) is 0 Å². The fraction of sp³-hybridized carbons (Fsp3) is 0.462. The molecule has 118 valence electrons. The van der Waals surface area contributed by atoms with Crippen LogP contribution in [-0.4, -0.2) is 35.3 Å². The number of likely N-dealkylation sites (N-methyl/N-ethyl adjacent to an activating group) is 1. The van der Waals surface area contributed by atoms with Crippen LogP contribution in [-0.2, 0) is 6.18 Å². The van der Waals surface area contributed by atoms with Gasteiger partial charge in [0, 0.05) is 18.3 Å². The second kappa shape index (κ2) is 5.80. The topological polar surface area (TPSA) is 82.1 Å². The van der Waals surface area contributed by atoms with Gasteiger partial charge >= 0.3 is 6.18 Å². The average Bonchev–Trinajstić information content (AvgIpc) is 2.43. The van der Waals surface area contributed by atoms with Gasteiger partial charge in [0.05, 0.1) is 17.7 Å². The number of alkyl halides is 3. The van der Waals surface area contributed by atoms with E-state index in [1.165, 1.54) is 12.1 Å². The molecule has 1 aromatic carbocycles. The standard InChI is InChI=1S/C13H18F3N3O2/c1-12(2,7-20)19(3)8-4-5-10(13(14,15)16)9(6-8)11(17)18-21/h4-6,20-21H,7H2,1-3H3,(H2,17,18). The second-order valence-corrected chi connectivity index (χ2v) is 5.24. The van der Waals surface area contributed by atoms with Crippen molar-refractivity contribution < 1.29 is 23.5 Å². The maximum atomic E-state index is 12.9. The molecule has 0 radical (unpaired) electrons. The van der Waals surface area contributed by atoms with E-state index in [9.17, 15) is 18.3 Å². The fourth-order valence-electron chi connectivity index (χ4n) is 1.71. The molecule has 0 unspecified atom stereocenters. The Morgan fingerprint density at radius 3 is 2.33 bits per heavy atom. The highest BCUT2D eigenvalue weighted by Gasteiger charge is 2.35. The first-order valence-corrected chi connectivity index (χ1v) is 6.08. The number of nitrogens with zero attached hydrogens (tertiary/aromatic N) is 2. The van der Waals surface area contributed by atoms with Crippen molar-refractivity contribution in [3.8, 4) is 0 Å². The SMILES string of the molecule is CN(c1ccc(C(F)(F)F)c(/C(N)=N/O)c1)C(C)(C)CO. The van der Waals surface area contributed by atoms with Gasteiger partial charge < -0.3 is 20.9 Å². The van der Waals surface area contributed by atoms with Gasteiger partial charge in [0.1, 0.15) is 0 Å². The Labute approximate surface area is 120 Å². The van der Waals surface area contributed by atoms with Gasteiger partial charge in [0.15, 0.2) is 5.84 Å². The summed E-state index contributed by atoms with van der Waals surface area (Å²) in [5, 5.41) is 20.6. The number of halogens is 3. The van der Waals surface area contributed by atoms with Crippen molar-refractivity contribution in [2.24, 2.45) is 10.9 Å². The van der Waals surface area contributed by atoms with Crippen LogP contribution in [0.4, 0.5) is 18.9 Å². The molecule has 8 heteroatoms. The van der Waals surface area contributed by atoms with E-state index in [0.717, 1.165) is 6.07 Å². The monoisotopic (exact) mass is 305 g/mol. The first kappa shape index (κ1) is 17.1. The molecule has 0 heterocycles. The maximum absolute atomic E-state index is 12.9. The van der Waals surface area contributed by atoms with Crippen LogP contribution in [0, 0.1) is 0 Å². The van der Waals surface area contributed by atoms with Gasteiger partial charge in [0.2, 0.25) is 0 Å². The average molecular weight is 305 g/mol. The molecule has 0 aliphatic carbocycles. The van der Waals surface area contributed by atoms with E-state index in [-0.39, 0.29) is 6.61 Å². The van der Waals surface area contributed by atoms with Crippen molar-refractivity contribution >= 4 is 11.5 Å². The number of hydrogen-bond donors (Lipinski definition) is 3. The highest BCUT2D eigenvalue weighted by Crippen LogP contribution is 2.34. The van der Waals surface area contributed by atoms with Crippen LogP contribution in [0.1, 0.15) is 25.0 Å². The smallest absolute Gasteiger partial charge is 0.409 e. The minimum absolute atomic E-state index is 0.191. The number of oxime groups is 1. The molecule has 5 nitrogen and oxygen atoms in total. The van der Waals surface area contributed by atoms with E-state index < -0.39 is 28.7 Å². The Kier molecular flexibility index (Phi) is 4.72. The van der Waals surface area contributed by atoms with E-state index in [0.29, 0.717) is 5.69 Å². The number of benzene rings is 1. The van der Waals surface area contributed by atoms with Crippen LogP contribution in [0.25, 0.3) is 0 Å². The van der Waals surface area contributed by atoms with E-state index >= 15 is 0 Å². The highest BCUT2D eigenvalue weighted by atomic mass is 19.4. The molecule has 0 saturated heterocycles. The zero-order chi connectivity index (χ0) is 16.4. The lowest BCUT2D eigenvalue weighted by atomic mass is 10.0. The summed E-state index contributed by atoms with van der Waals surface area (Å²) in [6, 6.07) is 3.32. The first-order valence-electron chi connectivity index (χ1n) is 6.08. The van der Waals surface area contributed by atoms with E-state index in [4.69, 9.17) is 10.9 Å². The maximum Gasteiger partial charge on any atom is 0.417 e. The van der Waals surface area contributed by atoms with Gasteiger partial charge in [-0.05, 0) is 32.0 Å². The van der Waals surface area contributed by atoms with Crippen molar-refractivity contribution in [3.63, 3.8) is 0 Å². The van der Waals surface area contributed by atoms with Crippen molar-refractivity contribution in [3.05, 3.63) is 29.3 Å². The molecule has 0 aliphatic rings. The minimum Gasteiger partial charge on any atom is -0.409 e. The van der Waals surface area contributed by atoms with Crippen LogP contribution in [0.15, 0.2) is 23.4 Å². The molecule has 1 rings (SSSR count). The van der Waals surface area contributed by atoms with Crippen LogP contribution < -0.4 is 10.6 Å². The number of rotatable bonds is 4. The molecule has 0 fully saturated rings. The first-order chi connectivity index (χ1) is 9.54. The molecule has 0 spiro atoms. The Morgan fingerprint density at radius 2 is 1.90 bits per heavy atom. The molecule has 0 aromatic heterocycles. The van der Waals surface area contributed by atoms with E-state index in [1.807, 2.05) is 0 Å². The Morgan fingerprint density at radius 1 is 1.33 bits per heavy atom. The van der Waals surface area contributed by atoms with Crippen molar-refractivity contribution in [2.45, 2.75) is 25.6 Å². The van der Waals surface area contributed by atoms with Crippen LogP contribution >= 0.6 is 0 Å². The lowest BCUT2D eigenvalue weighted by molar-refractivity contribution is -0.137. The van der Waals surface area contributed by atoms with E-state index in [2.05, 4.69) is 5.16 Å². The van der Waals surface area contributed by atoms with Crippen LogP contribution in [0.2, 0.25) is 0 Å². The Balaban J connectivity index is 3.42. The van der Waals surface area contributed by atoms with Gasteiger partial charge in [0.25, 0.3) is 0 Å². The molecule has 0 bridgehead atoms. The summed E-state index contributed by atoms with van der Waals surface area (Å²) in [7, 11) is 1.63. The molecule has 0 saturated carbocycles. The third kappa shape index (κ3) is 3.57. The lowest BCUT2D eigenvalue weighted by Crippen LogP contribution is -2.44. The molecule has 0 amide bonds. The van der Waals surface area contributed by atoms with E-state index in [1.54, 1.807) is 25.8 Å². The lowest BCUT2D eigenvalue weighted by Gasteiger charge is -2.36. The van der Waals surface area contributed by atoms with Gasteiger partial charge in [-0.3, -0.25) is 0 Å². The summed E-state index contributed by atoms with van der Waals surface area (Å²) in [6.45, 7) is 3.27. The largest absolute Gasteiger partial charge is 0.417 e. The second-order valence-electron chi connectivity index (χ2n) is 5.24. The third-order valence-electron chi connectivity index (χ3n) is 3.37. The normalized spacial score (nSPS) is 13.4. The van der Waals surface area contributed by atoms with Crippen LogP contribution in [0.5, 0.6) is 0 Å². The Bertz CT molecular complexity index is 542. The number of aliphatic hydroxyl groups is 1. The van der Waals surface area contributed by atoms with Crippen molar-refractivity contribution in [2.75, 3.05) is 18.6 Å². The number of nitrogens with two attached hydrogens (primary N) is 1. The number of aliphatic hydroxyl groups excluding tert-OH is 1. The number of amidine groups is 1. The molecule has 0 atom stereocenters. The Hall–Kier alpha value is -1.96. The summed E-state index contributed by atoms with van der Waals surface area (Å²) < 4.78 is 38.8. The summed E-state index contributed by atoms with van der Waals surface area (Å²) in [4.78, 5) is 1.61. The third-order valence-corrected chi connectivity index (χ3v) is 3.37. The molecule has 1 aromatic rings. The summed E-state index contributed by atoms with van der Waals surface area (Å²) in [5.74, 6) is -0.626. The zero-order valence-corrected chi connectivity index (χ0v) is 11.9. The molecular formula is C13H18F3N3O2. The number of anilines is 1. The minimum atomic E-state index is -4.62. The highest BCUT2D eigenvalue weighted by molar-refractivity contribution is 5.99. The molecular weight excluding hydrogens is 287 g/mol. The number of hydrogen-bond acceptors (Lipinski definition) is 4. The quantitative estimate of drug-likeness (QED) is 0.344. The molecule has 0 aliphatic heterocycles. The van der Waals surface area contributed by atoms with Crippen LogP contribution in [0.3, 0.4) is 0 Å². The molecule has 4 N–H and O–H groups in total. The predicted octanol–water partition coefficient (Wildman–Crippen LogP) is 2.01. The van der Waals surface area contributed by atoms with Gasteiger partial charge in [-0.25, -0.2) is 0 Å². The van der Waals surface area contributed by atoms with Gasteiger partial charge in [-0.15, -0.1) is 0 Å². The summed E-state index contributed by atoms with van der Waals surface area (Å²) >= 11 is 0. The molecule has 21 heavy (non-hydrogen) atoms. The predicted molar refractivity (Wildman–Crippen MR) is 73.5 cm³/mol. The fourth-order valence-corrected chi connectivity index (χ4v) is 1.71. The summed E-state index contributed by atoms with van der Waals surface area (Å²) in [5.41, 5.74) is 3.66. The zero-order valence-electron chi connectivity index (χ0n) is 11.9. The van der Waals surface area contributed by atoms with Gasteiger partial charge in [-0.2, -0.15) is 13.2 Å². The van der Waals surface area contributed by atoms with Gasteiger partial charge in [-0.1, -0.05) is 5.16 Å². The van der Waals surface area contributed by atoms with Crippen molar-refractivity contribution in [1.82, 2.24) is 0 Å².